The number of rotatable bonds is 8. The molecule has 0 aliphatic heterocycles. The molecule has 1 aromatic heterocycles. The molecule has 2 aromatic carbocycles. The molecule has 3 rings (SSSR count). The second kappa shape index (κ2) is 9.23. The largest absolute Gasteiger partial charge is 0.495 e. The zero-order valence-electron chi connectivity index (χ0n) is 16.1. The number of nitrogens with zero attached hydrogens (tertiary/aromatic N) is 4. The van der Waals surface area contributed by atoms with E-state index < -0.39 is 0 Å². The predicted octanol–water partition coefficient (Wildman–Crippen LogP) is 4.87. The molecule has 0 spiro atoms. The molecule has 7 nitrogen and oxygen atoms in total. The smallest absolute Gasteiger partial charge is 0.249 e. The van der Waals surface area contributed by atoms with Crippen molar-refractivity contribution >= 4 is 40.4 Å². The zero-order chi connectivity index (χ0) is 19.9. The van der Waals surface area contributed by atoms with E-state index in [4.69, 9.17) is 16.3 Å². The van der Waals surface area contributed by atoms with E-state index >= 15 is 0 Å². The standard InChI is InChI=1S/C20H23ClN6O/c1-4-27(5-2)16-9-6-14(7-10-16)23-19-13-22-26-20(25-19)24-15-8-11-18(28-3)17(21)12-15/h6-13H,4-5H2,1-3H3,(H2,23,24,25,26). The Morgan fingerprint density at radius 1 is 1.00 bits per heavy atom. The van der Waals surface area contributed by atoms with Crippen LogP contribution >= 0.6 is 11.6 Å². The molecule has 0 saturated heterocycles. The molecule has 0 amide bonds. The molecule has 0 saturated carbocycles. The second-order valence-electron chi connectivity index (χ2n) is 5.98. The topological polar surface area (TPSA) is 75.2 Å². The van der Waals surface area contributed by atoms with Gasteiger partial charge in [0.15, 0.2) is 5.82 Å². The zero-order valence-corrected chi connectivity index (χ0v) is 16.9. The minimum Gasteiger partial charge on any atom is -0.495 e. The monoisotopic (exact) mass is 398 g/mol. The lowest BCUT2D eigenvalue weighted by Gasteiger charge is -2.21. The Bertz CT molecular complexity index is 915. The summed E-state index contributed by atoms with van der Waals surface area (Å²) in [5.74, 6) is 1.56. The summed E-state index contributed by atoms with van der Waals surface area (Å²) in [5, 5.41) is 14.9. The summed E-state index contributed by atoms with van der Waals surface area (Å²) in [6.07, 6.45) is 1.57. The molecule has 0 aliphatic carbocycles. The number of hydrogen-bond donors (Lipinski definition) is 2. The number of nitrogens with one attached hydrogen (secondary N) is 2. The van der Waals surface area contributed by atoms with Gasteiger partial charge >= 0.3 is 0 Å². The van der Waals surface area contributed by atoms with Crippen LogP contribution in [0.3, 0.4) is 0 Å². The Morgan fingerprint density at radius 2 is 1.71 bits per heavy atom. The molecular weight excluding hydrogens is 376 g/mol. The summed E-state index contributed by atoms with van der Waals surface area (Å²) in [5.41, 5.74) is 2.86. The average Bonchev–Trinajstić information content (AvgIpc) is 2.71. The van der Waals surface area contributed by atoms with Crippen LogP contribution < -0.4 is 20.3 Å². The molecule has 8 heteroatoms. The highest BCUT2D eigenvalue weighted by Crippen LogP contribution is 2.28. The average molecular weight is 399 g/mol. The van der Waals surface area contributed by atoms with Crippen LogP contribution in [0.4, 0.5) is 28.8 Å². The number of methoxy groups -OCH3 is 1. The van der Waals surface area contributed by atoms with E-state index in [0.717, 1.165) is 24.5 Å². The van der Waals surface area contributed by atoms with Crippen molar-refractivity contribution < 1.29 is 4.74 Å². The summed E-state index contributed by atoms with van der Waals surface area (Å²) in [7, 11) is 1.57. The molecule has 3 aromatic rings. The normalized spacial score (nSPS) is 10.4. The van der Waals surface area contributed by atoms with Crippen LogP contribution in [-0.4, -0.2) is 35.4 Å². The number of hydrogen-bond acceptors (Lipinski definition) is 7. The first kappa shape index (κ1) is 19.7. The van der Waals surface area contributed by atoms with Crippen molar-refractivity contribution in [2.75, 3.05) is 35.7 Å². The van der Waals surface area contributed by atoms with Gasteiger partial charge in [0.25, 0.3) is 0 Å². The maximum Gasteiger partial charge on any atom is 0.249 e. The van der Waals surface area contributed by atoms with Gasteiger partial charge in [0.05, 0.1) is 18.3 Å². The molecule has 0 aliphatic rings. The van der Waals surface area contributed by atoms with Gasteiger partial charge in [-0.15, -0.1) is 5.10 Å². The third kappa shape index (κ3) is 4.80. The van der Waals surface area contributed by atoms with Crippen LogP contribution in [0.25, 0.3) is 0 Å². The SMILES string of the molecule is CCN(CC)c1ccc(Nc2cnnc(Nc3ccc(OC)c(Cl)c3)n2)cc1. The predicted molar refractivity (Wildman–Crippen MR) is 114 cm³/mol. The molecule has 0 atom stereocenters. The van der Waals surface area contributed by atoms with Gasteiger partial charge in [-0.3, -0.25) is 0 Å². The van der Waals surface area contributed by atoms with Gasteiger partial charge < -0.3 is 20.3 Å². The highest BCUT2D eigenvalue weighted by molar-refractivity contribution is 6.32. The fraction of sp³-hybridized carbons (Fsp3) is 0.250. The quantitative estimate of drug-likeness (QED) is 0.560. The first-order chi connectivity index (χ1) is 13.6. The van der Waals surface area contributed by atoms with E-state index in [-0.39, 0.29) is 0 Å². The molecule has 0 unspecified atom stereocenters. The van der Waals surface area contributed by atoms with Crippen molar-refractivity contribution in [2.24, 2.45) is 0 Å². The fourth-order valence-corrected chi connectivity index (χ4v) is 3.04. The maximum atomic E-state index is 6.15. The Morgan fingerprint density at radius 3 is 2.36 bits per heavy atom. The summed E-state index contributed by atoms with van der Waals surface area (Å²) < 4.78 is 5.16. The van der Waals surface area contributed by atoms with Crippen molar-refractivity contribution in [1.29, 1.82) is 0 Å². The van der Waals surface area contributed by atoms with E-state index in [1.54, 1.807) is 25.4 Å². The first-order valence-electron chi connectivity index (χ1n) is 9.05. The Balaban J connectivity index is 1.70. The van der Waals surface area contributed by atoms with Crippen LogP contribution in [0.5, 0.6) is 5.75 Å². The number of aromatic nitrogens is 3. The van der Waals surface area contributed by atoms with Crippen LogP contribution in [0.15, 0.2) is 48.7 Å². The van der Waals surface area contributed by atoms with Gasteiger partial charge in [0.1, 0.15) is 5.75 Å². The molecule has 1 heterocycles. The fourth-order valence-electron chi connectivity index (χ4n) is 2.78. The second-order valence-corrected chi connectivity index (χ2v) is 6.39. The van der Waals surface area contributed by atoms with Gasteiger partial charge in [-0.2, -0.15) is 10.1 Å². The van der Waals surface area contributed by atoms with Crippen molar-refractivity contribution in [1.82, 2.24) is 15.2 Å². The molecule has 0 fully saturated rings. The Kier molecular flexibility index (Phi) is 6.49. The third-order valence-corrected chi connectivity index (χ3v) is 4.53. The summed E-state index contributed by atoms with van der Waals surface area (Å²) in [6.45, 7) is 6.24. The molecular formula is C20H23ClN6O. The lowest BCUT2D eigenvalue weighted by atomic mass is 10.2. The number of ether oxygens (including phenoxy) is 1. The minimum absolute atomic E-state index is 0.367. The summed E-state index contributed by atoms with van der Waals surface area (Å²) in [4.78, 5) is 6.73. The van der Waals surface area contributed by atoms with Crippen molar-refractivity contribution in [2.45, 2.75) is 13.8 Å². The number of benzene rings is 2. The van der Waals surface area contributed by atoms with Crippen molar-refractivity contribution in [3.8, 4) is 5.75 Å². The highest BCUT2D eigenvalue weighted by Gasteiger charge is 2.06. The van der Waals surface area contributed by atoms with Gasteiger partial charge in [-0.05, 0) is 56.3 Å². The highest BCUT2D eigenvalue weighted by atomic mass is 35.5. The molecule has 146 valence electrons. The van der Waals surface area contributed by atoms with Gasteiger partial charge in [-0.1, -0.05) is 11.6 Å². The maximum absolute atomic E-state index is 6.15. The Hall–Kier alpha value is -3.06. The lowest BCUT2D eigenvalue weighted by Crippen LogP contribution is -2.21. The van der Waals surface area contributed by atoms with Gasteiger partial charge in [0.2, 0.25) is 5.95 Å². The van der Waals surface area contributed by atoms with E-state index in [1.807, 2.05) is 18.2 Å². The lowest BCUT2D eigenvalue weighted by molar-refractivity contribution is 0.415. The molecule has 2 N–H and O–H groups in total. The third-order valence-electron chi connectivity index (χ3n) is 4.24. The van der Waals surface area contributed by atoms with E-state index in [9.17, 15) is 0 Å². The van der Waals surface area contributed by atoms with E-state index in [0.29, 0.717) is 22.5 Å². The van der Waals surface area contributed by atoms with Crippen LogP contribution in [0, 0.1) is 0 Å². The first-order valence-corrected chi connectivity index (χ1v) is 9.43. The molecule has 0 radical (unpaired) electrons. The van der Waals surface area contributed by atoms with Crippen LogP contribution in [-0.2, 0) is 0 Å². The van der Waals surface area contributed by atoms with Gasteiger partial charge in [0, 0.05) is 30.2 Å². The number of halogens is 1. The molecule has 28 heavy (non-hydrogen) atoms. The summed E-state index contributed by atoms with van der Waals surface area (Å²) in [6, 6.07) is 13.6. The Labute approximate surface area is 169 Å². The van der Waals surface area contributed by atoms with Crippen molar-refractivity contribution in [3.05, 3.63) is 53.7 Å². The van der Waals surface area contributed by atoms with Crippen LogP contribution in [0.1, 0.15) is 13.8 Å². The minimum atomic E-state index is 0.367. The van der Waals surface area contributed by atoms with Crippen molar-refractivity contribution in [3.63, 3.8) is 0 Å². The number of anilines is 5. The van der Waals surface area contributed by atoms with Crippen LogP contribution in [0.2, 0.25) is 5.02 Å². The molecule has 0 bridgehead atoms. The van der Waals surface area contributed by atoms with E-state index in [2.05, 4.69) is 56.7 Å². The summed E-state index contributed by atoms with van der Waals surface area (Å²) >= 11 is 6.15. The van der Waals surface area contributed by atoms with Gasteiger partial charge in [-0.25, -0.2) is 0 Å². The van der Waals surface area contributed by atoms with E-state index in [1.165, 1.54) is 5.69 Å².